The molecule has 3 rings (SSSR count). The minimum atomic E-state index is -0.275. The third kappa shape index (κ3) is 4.09. The van der Waals surface area contributed by atoms with Gasteiger partial charge >= 0.3 is 0 Å². The van der Waals surface area contributed by atoms with Crippen LogP contribution in [0.3, 0.4) is 0 Å². The van der Waals surface area contributed by atoms with Crippen LogP contribution in [-0.2, 0) is 6.61 Å². The lowest BCUT2D eigenvalue weighted by Gasteiger charge is -2.15. The Morgan fingerprint density at radius 1 is 1.22 bits per heavy atom. The predicted octanol–water partition coefficient (Wildman–Crippen LogP) is 3.93. The summed E-state index contributed by atoms with van der Waals surface area (Å²) in [6.45, 7) is 2.33. The summed E-state index contributed by atoms with van der Waals surface area (Å²) >= 11 is 0. The zero-order valence-electron chi connectivity index (χ0n) is 13.1. The number of halogens is 1. The first-order valence-corrected chi connectivity index (χ1v) is 7.90. The largest absolute Gasteiger partial charge is 0.488 e. The van der Waals surface area contributed by atoms with Gasteiger partial charge in [-0.2, -0.15) is 0 Å². The minimum Gasteiger partial charge on any atom is -0.488 e. The van der Waals surface area contributed by atoms with Crippen LogP contribution in [0.1, 0.15) is 35.7 Å². The van der Waals surface area contributed by atoms with E-state index in [0.29, 0.717) is 23.8 Å². The molecule has 2 aromatic carbocycles. The molecule has 0 heterocycles. The number of carbonyl (C=O) groups is 1. The Morgan fingerprint density at radius 3 is 2.61 bits per heavy atom. The average Bonchev–Trinajstić information content (AvgIpc) is 3.39. The zero-order chi connectivity index (χ0) is 16.2. The Bertz CT molecular complexity index is 680. The topological polar surface area (TPSA) is 38.3 Å². The zero-order valence-corrected chi connectivity index (χ0v) is 13.1. The third-order valence-corrected chi connectivity index (χ3v) is 4.13. The molecule has 0 aliphatic heterocycles. The molecule has 1 N–H and O–H groups in total. The highest BCUT2D eigenvalue weighted by molar-refractivity contribution is 5.97. The number of para-hydroxylation sites is 1. The number of nitrogens with one attached hydrogen (secondary N) is 1. The van der Waals surface area contributed by atoms with Crippen LogP contribution >= 0.6 is 0 Å². The van der Waals surface area contributed by atoms with Crippen molar-refractivity contribution in [3.63, 3.8) is 0 Å². The Labute approximate surface area is 135 Å². The SMILES string of the molecule is CC(NC(=O)c1ccccc1OCc1ccc(F)cc1)C1CC1. The molecular formula is C19H20FNO2. The second-order valence-corrected chi connectivity index (χ2v) is 6.01. The van der Waals surface area contributed by atoms with Crippen LogP contribution in [0.2, 0.25) is 0 Å². The van der Waals surface area contributed by atoms with Crippen LogP contribution in [-0.4, -0.2) is 11.9 Å². The van der Waals surface area contributed by atoms with Crippen LogP contribution in [0.5, 0.6) is 5.75 Å². The number of rotatable bonds is 6. The summed E-state index contributed by atoms with van der Waals surface area (Å²) in [5.74, 6) is 0.755. The molecule has 1 atom stereocenters. The van der Waals surface area contributed by atoms with Crippen molar-refractivity contribution in [2.24, 2.45) is 5.92 Å². The maximum Gasteiger partial charge on any atom is 0.255 e. The normalized spacial score (nSPS) is 15.0. The van der Waals surface area contributed by atoms with E-state index < -0.39 is 0 Å². The molecule has 1 aliphatic carbocycles. The van der Waals surface area contributed by atoms with Gasteiger partial charge in [-0.15, -0.1) is 0 Å². The van der Waals surface area contributed by atoms with E-state index in [0.717, 1.165) is 5.56 Å². The second kappa shape index (κ2) is 6.82. The van der Waals surface area contributed by atoms with E-state index in [1.165, 1.54) is 25.0 Å². The fraction of sp³-hybridized carbons (Fsp3) is 0.316. The number of ether oxygens (including phenoxy) is 1. The minimum absolute atomic E-state index is 0.112. The average molecular weight is 313 g/mol. The van der Waals surface area contributed by atoms with E-state index in [9.17, 15) is 9.18 Å². The van der Waals surface area contributed by atoms with Crippen LogP contribution in [0.4, 0.5) is 4.39 Å². The maximum absolute atomic E-state index is 12.9. The van der Waals surface area contributed by atoms with Gasteiger partial charge in [0, 0.05) is 6.04 Å². The van der Waals surface area contributed by atoms with Gasteiger partial charge in [-0.1, -0.05) is 24.3 Å². The molecule has 4 heteroatoms. The highest BCUT2D eigenvalue weighted by atomic mass is 19.1. The number of benzene rings is 2. The Kier molecular flexibility index (Phi) is 4.60. The summed E-state index contributed by atoms with van der Waals surface area (Å²) in [6, 6.07) is 13.5. The summed E-state index contributed by atoms with van der Waals surface area (Å²) < 4.78 is 18.7. The highest BCUT2D eigenvalue weighted by Gasteiger charge is 2.29. The smallest absolute Gasteiger partial charge is 0.255 e. The molecule has 120 valence electrons. The van der Waals surface area contributed by atoms with Gasteiger partial charge in [-0.3, -0.25) is 4.79 Å². The van der Waals surface area contributed by atoms with Gasteiger partial charge in [-0.25, -0.2) is 4.39 Å². The molecule has 1 fully saturated rings. The summed E-state index contributed by atoms with van der Waals surface area (Å²) in [7, 11) is 0. The van der Waals surface area contributed by atoms with Crippen molar-refractivity contribution >= 4 is 5.91 Å². The van der Waals surface area contributed by atoms with Gasteiger partial charge in [0.25, 0.3) is 5.91 Å². The van der Waals surface area contributed by atoms with E-state index in [1.54, 1.807) is 24.3 Å². The van der Waals surface area contributed by atoms with Gasteiger partial charge in [0.2, 0.25) is 0 Å². The van der Waals surface area contributed by atoms with Crippen LogP contribution in [0, 0.1) is 11.7 Å². The number of amides is 1. The summed E-state index contributed by atoms with van der Waals surface area (Å²) in [6.07, 6.45) is 2.37. The Hall–Kier alpha value is -2.36. The van der Waals surface area contributed by atoms with Gasteiger partial charge in [0.15, 0.2) is 0 Å². The fourth-order valence-electron chi connectivity index (χ4n) is 2.52. The summed E-state index contributed by atoms with van der Waals surface area (Å²) in [4.78, 5) is 12.4. The second-order valence-electron chi connectivity index (χ2n) is 6.01. The first-order valence-electron chi connectivity index (χ1n) is 7.90. The third-order valence-electron chi connectivity index (χ3n) is 4.13. The quantitative estimate of drug-likeness (QED) is 0.877. The fourth-order valence-corrected chi connectivity index (χ4v) is 2.52. The van der Waals surface area contributed by atoms with Crippen molar-refractivity contribution in [1.29, 1.82) is 0 Å². The van der Waals surface area contributed by atoms with E-state index >= 15 is 0 Å². The van der Waals surface area contributed by atoms with Gasteiger partial charge in [0.05, 0.1) is 5.56 Å². The molecule has 1 unspecified atom stereocenters. The molecule has 0 bridgehead atoms. The standard InChI is InChI=1S/C19H20FNO2/c1-13(15-8-9-15)21-19(22)17-4-2-3-5-18(17)23-12-14-6-10-16(20)11-7-14/h2-7,10-11,13,15H,8-9,12H2,1H3,(H,21,22). The predicted molar refractivity (Wildman–Crippen MR) is 86.8 cm³/mol. The van der Waals surface area contributed by atoms with E-state index in [1.807, 2.05) is 19.1 Å². The van der Waals surface area contributed by atoms with Gasteiger partial charge < -0.3 is 10.1 Å². The molecule has 2 aromatic rings. The van der Waals surface area contributed by atoms with Gasteiger partial charge in [0.1, 0.15) is 18.2 Å². The van der Waals surface area contributed by atoms with Crippen molar-refractivity contribution in [3.05, 3.63) is 65.5 Å². The first kappa shape index (κ1) is 15.5. The molecule has 1 amide bonds. The molecule has 3 nitrogen and oxygen atoms in total. The van der Waals surface area contributed by atoms with Crippen molar-refractivity contribution < 1.29 is 13.9 Å². The van der Waals surface area contributed by atoms with Crippen molar-refractivity contribution in [2.45, 2.75) is 32.4 Å². The van der Waals surface area contributed by atoms with Crippen LogP contribution < -0.4 is 10.1 Å². The molecule has 0 radical (unpaired) electrons. The van der Waals surface area contributed by atoms with Crippen molar-refractivity contribution in [1.82, 2.24) is 5.32 Å². The summed E-state index contributed by atoms with van der Waals surface area (Å²) in [5.41, 5.74) is 1.38. The molecule has 1 aliphatic rings. The van der Waals surface area contributed by atoms with Crippen LogP contribution in [0.25, 0.3) is 0 Å². The van der Waals surface area contributed by atoms with E-state index in [-0.39, 0.29) is 17.8 Å². The van der Waals surface area contributed by atoms with Crippen molar-refractivity contribution in [3.8, 4) is 5.75 Å². The lowest BCUT2D eigenvalue weighted by molar-refractivity contribution is 0.0931. The Morgan fingerprint density at radius 2 is 1.91 bits per heavy atom. The molecule has 0 spiro atoms. The number of hydrogen-bond donors (Lipinski definition) is 1. The lowest BCUT2D eigenvalue weighted by atomic mass is 10.1. The van der Waals surface area contributed by atoms with Gasteiger partial charge in [-0.05, 0) is 55.5 Å². The monoisotopic (exact) mass is 313 g/mol. The Balaban J connectivity index is 1.67. The summed E-state index contributed by atoms with van der Waals surface area (Å²) in [5, 5.41) is 3.04. The highest BCUT2D eigenvalue weighted by Crippen LogP contribution is 2.32. The molecular weight excluding hydrogens is 293 g/mol. The number of carbonyl (C=O) groups excluding carboxylic acids is 1. The van der Waals surface area contributed by atoms with Crippen LogP contribution in [0.15, 0.2) is 48.5 Å². The maximum atomic E-state index is 12.9. The van der Waals surface area contributed by atoms with E-state index in [2.05, 4.69) is 5.32 Å². The lowest BCUT2D eigenvalue weighted by Crippen LogP contribution is -2.34. The van der Waals surface area contributed by atoms with Crippen molar-refractivity contribution in [2.75, 3.05) is 0 Å². The molecule has 0 saturated heterocycles. The number of hydrogen-bond acceptors (Lipinski definition) is 2. The molecule has 0 aromatic heterocycles. The first-order chi connectivity index (χ1) is 11.1. The molecule has 23 heavy (non-hydrogen) atoms. The molecule has 1 saturated carbocycles. The van der Waals surface area contributed by atoms with E-state index in [4.69, 9.17) is 4.74 Å².